The Morgan fingerprint density at radius 3 is 1.87 bits per heavy atom. The van der Waals surface area contributed by atoms with Crippen LogP contribution in [0.2, 0.25) is 0 Å². The summed E-state index contributed by atoms with van der Waals surface area (Å²) < 4.78 is 18.3. The SMILES string of the molecule is O=C1CCC(N2C(=O)c3cccc(NC(=O)CCCCCOCCOCCOC(c4ccccc4)(c4ccccc4)c4ccccc4)c3C2=O)C(=O)N1. The number of fused-ring (bicyclic) bond motifs is 1. The molecule has 5 amide bonds. The molecule has 0 aliphatic carbocycles. The Morgan fingerprint density at radius 2 is 1.26 bits per heavy atom. The number of hydrogen-bond acceptors (Lipinski definition) is 8. The van der Waals surface area contributed by atoms with E-state index < -0.39 is 35.3 Å². The Bertz CT molecular complexity index is 1810. The van der Waals surface area contributed by atoms with Gasteiger partial charge in [-0.25, -0.2) is 0 Å². The molecule has 0 bridgehead atoms. The molecule has 4 aromatic rings. The summed E-state index contributed by atoms with van der Waals surface area (Å²) in [5.41, 5.74) is 2.70. The maximum Gasteiger partial charge on any atom is 0.264 e. The smallest absolute Gasteiger partial charge is 0.264 e. The number of piperidine rings is 1. The predicted octanol–water partition coefficient (Wildman–Crippen LogP) is 5.63. The van der Waals surface area contributed by atoms with Crippen molar-refractivity contribution >= 4 is 35.2 Å². The summed E-state index contributed by atoms with van der Waals surface area (Å²) in [4.78, 5) is 63.9. The molecular weight excluding hydrogens is 674 g/mol. The van der Waals surface area contributed by atoms with E-state index in [1.165, 1.54) is 6.07 Å². The lowest BCUT2D eigenvalue weighted by Crippen LogP contribution is -2.54. The lowest BCUT2D eigenvalue weighted by atomic mass is 9.80. The van der Waals surface area contributed by atoms with Gasteiger partial charge >= 0.3 is 0 Å². The Balaban J connectivity index is 0.891. The van der Waals surface area contributed by atoms with E-state index in [2.05, 4.69) is 47.0 Å². The van der Waals surface area contributed by atoms with Crippen molar-refractivity contribution in [2.24, 2.45) is 0 Å². The van der Waals surface area contributed by atoms with E-state index in [4.69, 9.17) is 14.2 Å². The first-order chi connectivity index (χ1) is 25.9. The molecule has 1 saturated heterocycles. The largest absolute Gasteiger partial charge is 0.379 e. The van der Waals surface area contributed by atoms with Crippen LogP contribution in [0.25, 0.3) is 0 Å². The van der Waals surface area contributed by atoms with Crippen molar-refractivity contribution in [3.63, 3.8) is 0 Å². The number of carbonyl (C=O) groups excluding carboxylic acids is 5. The van der Waals surface area contributed by atoms with Crippen molar-refractivity contribution in [2.45, 2.75) is 50.2 Å². The standard InChI is InChI=1S/C42H43N3O8/c46-36(43-34-21-13-20-33-38(34)41(50)45(40(33)49)35-23-24-37(47)44-39(35)48)22-11-4-12-25-51-26-27-52-28-29-53-42(30-14-5-1-6-15-30,31-16-7-2-8-17-31)32-18-9-3-10-19-32/h1-3,5-10,13-21,35H,4,11-12,22-29H2,(H,43,46)(H,44,47,48). The number of anilines is 1. The van der Waals surface area contributed by atoms with Gasteiger partial charge < -0.3 is 19.5 Å². The Hall–Kier alpha value is -5.49. The summed E-state index contributed by atoms with van der Waals surface area (Å²) in [7, 11) is 0. The number of carbonyl (C=O) groups is 5. The molecule has 0 spiro atoms. The molecule has 4 aromatic carbocycles. The van der Waals surface area contributed by atoms with E-state index in [9.17, 15) is 24.0 Å². The maximum atomic E-state index is 13.3. The molecule has 11 heteroatoms. The normalized spacial score (nSPS) is 15.7. The number of hydrogen-bond donors (Lipinski definition) is 2. The fourth-order valence-corrected chi connectivity index (χ4v) is 6.84. The number of nitrogens with zero attached hydrogens (tertiary/aromatic N) is 1. The first-order valence-electron chi connectivity index (χ1n) is 18.0. The Labute approximate surface area is 308 Å². The molecule has 2 heterocycles. The van der Waals surface area contributed by atoms with Gasteiger partial charge in [-0.1, -0.05) is 103 Å². The first-order valence-corrected chi connectivity index (χ1v) is 18.0. The quantitative estimate of drug-likeness (QED) is 0.0768. The number of ether oxygens (including phenoxy) is 3. The van der Waals surface area contributed by atoms with Crippen molar-refractivity contribution in [2.75, 3.05) is 38.4 Å². The highest BCUT2D eigenvalue weighted by Gasteiger charge is 2.45. The second-order valence-corrected chi connectivity index (χ2v) is 12.9. The molecule has 11 nitrogen and oxygen atoms in total. The molecule has 0 saturated carbocycles. The van der Waals surface area contributed by atoms with E-state index in [0.29, 0.717) is 39.5 Å². The summed E-state index contributed by atoms with van der Waals surface area (Å²) in [5.74, 6) is -2.70. The third-order valence-electron chi connectivity index (χ3n) is 9.39. The maximum absolute atomic E-state index is 13.3. The molecule has 0 aromatic heterocycles. The third kappa shape index (κ3) is 8.60. The van der Waals surface area contributed by atoms with Crippen LogP contribution in [0.15, 0.2) is 109 Å². The number of amides is 5. The van der Waals surface area contributed by atoms with Crippen molar-refractivity contribution in [1.82, 2.24) is 10.2 Å². The van der Waals surface area contributed by atoms with Crippen LogP contribution in [-0.2, 0) is 34.2 Å². The molecule has 53 heavy (non-hydrogen) atoms. The van der Waals surface area contributed by atoms with Gasteiger partial charge in [-0.15, -0.1) is 0 Å². The summed E-state index contributed by atoms with van der Waals surface area (Å²) in [6.07, 6.45) is 2.45. The number of nitrogens with one attached hydrogen (secondary N) is 2. The lowest BCUT2D eigenvalue weighted by molar-refractivity contribution is -0.136. The lowest BCUT2D eigenvalue weighted by Gasteiger charge is -2.36. The molecule has 6 rings (SSSR count). The summed E-state index contributed by atoms with van der Waals surface area (Å²) in [6.45, 7) is 2.15. The highest BCUT2D eigenvalue weighted by molar-refractivity contribution is 6.26. The number of benzene rings is 4. The van der Waals surface area contributed by atoms with Crippen LogP contribution in [0.4, 0.5) is 5.69 Å². The zero-order valence-electron chi connectivity index (χ0n) is 29.5. The molecule has 2 N–H and O–H groups in total. The highest BCUT2D eigenvalue weighted by Crippen LogP contribution is 2.40. The minimum absolute atomic E-state index is 0.0306. The van der Waals surface area contributed by atoms with Gasteiger partial charge in [0.2, 0.25) is 17.7 Å². The average Bonchev–Trinajstić information content (AvgIpc) is 3.44. The second-order valence-electron chi connectivity index (χ2n) is 12.9. The molecule has 2 aliphatic heterocycles. The van der Waals surface area contributed by atoms with Crippen molar-refractivity contribution in [1.29, 1.82) is 0 Å². The van der Waals surface area contributed by atoms with Crippen LogP contribution < -0.4 is 10.6 Å². The average molecular weight is 718 g/mol. The second kappa shape index (κ2) is 17.8. The molecule has 0 radical (unpaired) electrons. The molecule has 274 valence electrons. The van der Waals surface area contributed by atoms with Crippen molar-refractivity contribution in [3.8, 4) is 0 Å². The molecule has 2 aliphatic rings. The van der Waals surface area contributed by atoms with Gasteiger partial charge in [-0.2, -0.15) is 0 Å². The van der Waals surface area contributed by atoms with E-state index in [0.717, 1.165) is 34.4 Å². The minimum atomic E-state index is -1.07. The summed E-state index contributed by atoms with van der Waals surface area (Å²) in [6, 6.07) is 34.2. The van der Waals surface area contributed by atoms with Crippen LogP contribution in [0.1, 0.15) is 75.9 Å². The van der Waals surface area contributed by atoms with Gasteiger partial charge in [0.25, 0.3) is 11.8 Å². The summed E-state index contributed by atoms with van der Waals surface area (Å²) >= 11 is 0. The third-order valence-corrected chi connectivity index (χ3v) is 9.39. The minimum Gasteiger partial charge on any atom is -0.379 e. The van der Waals surface area contributed by atoms with E-state index in [1.54, 1.807) is 12.1 Å². The van der Waals surface area contributed by atoms with Crippen LogP contribution in [0, 0.1) is 0 Å². The number of rotatable bonds is 18. The molecular formula is C42H43N3O8. The van der Waals surface area contributed by atoms with Gasteiger partial charge in [0, 0.05) is 19.4 Å². The van der Waals surface area contributed by atoms with Crippen molar-refractivity contribution < 1.29 is 38.2 Å². The Morgan fingerprint density at radius 1 is 0.679 bits per heavy atom. The number of unbranched alkanes of at least 4 members (excludes halogenated alkanes) is 2. The van der Waals surface area contributed by atoms with E-state index in [1.807, 2.05) is 54.6 Å². The van der Waals surface area contributed by atoms with Gasteiger partial charge in [0.05, 0.1) is 43.2 Å². The molecule has 1 fully saturated rings. The van der Waals surface area contributed by atoms with Gasteiger partial charge in [0.1, 0.15) is 11.6 Å². The fourth-order valence-electron chi connectivity index (χ4n) is 6.84. The van der Waals surface area contributed by atoms with Gasteiger partial charge in [0.15, 0.2) is 0 Å². The fraction of sp³-hybridized carbons (Fsp3) is 0.310. The zero-order valence-corrected chi connectivity index (χ0v) is 29.5. The van der Waals surface area contributed by atoms with E-state index in [-0.39, 0.29) is 42.0 Å². The van der Waals surface area contributed by atoms with Crippen LogP contribution >= 0.6 is 0 Å². The first kappa shape index (κ1) is 37.3. The monoisotopic (exact) mass is 717 g/mol. The molecule has 1 unspecified atom stereocenters. The van der Waals surface area contributed by atoms with Gasteiger partial charge in [-0.05, 0) is 48.1 Å². The van der Waals surface area contributed by atoms with Gasteiger partial charge in [-0.3, -0.25) is 34.2 Å². The van der Waals surface area contributed by atoms with Crippen molar-refractivity contribution in [3.05, 3.63) is 137 Å². The van der Waals surface area contributed by atoms with E-state index >= 15 is 0 Å². The predicted molar refractivity (Wildman–Crippen MR) is 197 cm³/mol. The molecule has 1 atom stereocenters. The summed E-state index contributed by atoms with van der Waals surface area (Å²) in [5, 5.41) is 4.94. The van der Waals surface area contributed by atoms with Crippen LogP contribution in [0.3, 0.4) is 0 Å². The topological polar surface area (TPSA) is 140 Å². The Kier molecular flexibility index (Phi) is 12.5. The van der Waals surface area contributed by atoms with Crippen LogP contribution in [0.5, 0.6) is 0 Å². The van der Waals surface area contributed by atoms with Crippen LogP contribution in [-0.4, -0.2) is 73.5 Å². The number of imide groups is 2. The zero-order chi connectivity index (χ0) is 37.0. The highest BCUT2D eigenvalue weighted by atomic mass is 16.5.